The molecule has 136 valence electrons. The van der Waals surface area contributed by atoms with Crippen molar-refractivity contribution in [2.24, 2.45) is 5.92 Å². The van der Waals surface area contributed by atoms with Gasteiger partial charge in [-0.05, 0) is 48.9 Å². The van der Waals surface area contributed by atoms with Gasteiger partial charge in [-0.2, -0.15) is 0 Å². The Morgan fingerprint density at radius 3 is 2.48 bits per heavy atom. The molecule has 3 aromatic rings. The normalized spacial score (nSPS) is 16.6. The van der Waals surface area contributed by atoms with Crippen LogP contribution in [0.2, 0.25) is 0 Å². The summed E-state index contributed by atoms with van der Waals surface area (Å²) in [6.45, 7) is 0.457. The zero-order chi connectivity index (χ0) is 18.8. The smallest absolute Gasteiger partial charge is 0.239 e. The second-order valence-electron chi connectivity index (χ2n) is 6.41. The molecule has 0 unspecified atom stereocenters. The van der Waals surface area contributed by atoms with Crippen molar-refractivity contribution in [3.63, 3.8) is 0 Å². The number of hydrogen-bond acceptors (Lipinski definition) is 2. The molecule has 1 aromatic heterocycles. The predicted molar refractivity (Wildman–Crippen MR) is 101 cm³/mol. The minimum Gasteiger partial charge on any atom is -0.325 e. The highest BCUT2D eigenvalue weighted by molar-refractivity contribution is 6.13. The lowest BCUT2D eigenvalue weighted by atomic mass is 10.1. The highest BCUT2D eigenvalue weighted by atomic mass is 19.1. The lowest BCUT2D eigenvalue weighted by molar-refractivity contribution is -0.129. The Morgan fingerprint density at radius 1 is 1.00 bits per heavy atom. The average molecular weight is 363 g/mol. The molecular formula is C21H18FN3O2. The van der Waals surface area contributed by atoms with Crippen LogP contribution in [-0.2, 0) is 9.59 Å². The molecule has 0 aliphatic carbocycles. The van der Waals surface area contributed by atoms with E-state index in [-0.39, 0.29) is 5.91 Å². The first-order valence-electron chi connectivity index (χ1n) is 8.73. The molecule has 2 amide bonds. The van der Waals surface area contributed by atoms with Crippen LogP contribution in [0.15, 0.2) is 73.1 Å². The van der Waals surface area contributed by atoms with Gasteiger partial charge in [0.1, 0.15) is 11.7 Å². The molecular weight excluding hydrogens is 345 g/mol. The highest BCUT2D eigenvalue weighted by Crippen LogP contribution is 2.31. The Hall–Kier alpha value is -3.41. The van der Waals surface area contributed by atoms with Crippen LogP contribution in [0, 0.1) is 11.7 Å². The first kappa shape index (κ1) is 17.0. The largest absolute Gasteiger partial charge is 0.325 e. The van der Waals surface area contributed by atoms with E-state index in [0.29, 0.717) is 18.7 Å². The van der Waals surface area contributed by atoms with Gasteiger partial charge in [0, 0.05) is 24.6 Å². The van der Waals surface area contributed by atoms with Crippen LogP contribution >= 0.6 is 0 Å². The number of carbonyl (C=O) groups excluding carboxylic acids is 2. The molecule has 27 heavy (non-hydrogen) atoms. The molecule has 1 fully saturated rings. The van der Waals surface area contributed by atoms with Crippen molar-refractivity contribution in [1.29, 1.82) is 0 Å². The minimum atomic E-state index is -0.786. The molecule has 5 nitrogen and oxygen atoms in total. The Morgan fingerprint density at radius 2 is 1.74 bits per heavy atom. The number of halogens is 1. The lowest BCUT2D eigenvalue weighted by Gasteiger charge is -2.21. The van der Waals surface area contributed by atoms with Crippen molar-refractivity contribution in [2.45, 2.75) is 6.42 Å². The molecule has 0 radical (unpaired) electrons. The number of para-hydroxylation sites is 2. The van der Waals surface area contributed by atoms with Gasteiger partial charge in [-0.3, -0.25) is 9.59 Å². The number of benzene rings is 2. The second kappa shape index (κ2) is 7.07. The molecule has 2 aromatic carbocycles. The van der Waals surface area contributed by atoms with Gasteiger partial charge in [0.05, 0.1) is 11.4 Å². The molecule has 0 bridgehead atoms. The van der Waals surface area contributed by atoms with Crippen LogP contribution in [0.25, 0.3) is 5.69 Å². The Balaban J connectivity index is 1.55. The van der Waals surface area contributed by atoms with Gasteiger partial charge in [0.2, 0.25) is 11.8 Å². The van der Waals surface area contributed by atoms with Gasteiger partial charge in [-0.15, -0.1) is 0 Å². The highest BCUT2D eigenvalue weighted by Gasteiger charge is 2.38. The van der Waals surface area contributed by atoms with Crippen LogP contribution in [0.5, 0.6) is 0 Å². The third kappa shape index (κ3) is 3.33. The van der Waals surface area contributed by atoms with Gasteiger partial charge in [-0.25, -0.2) is 4.39 Å². The standard InChI is InChI=1S/C21H18FN3O2/c22-15-6-5-7-16(14-15)23-20(26)17-10-13-25(21(17)27)19-9-2-1-8-18(19)24-11-3-4-12-24/h1-9,11-12,14,17H,10,13H2,(H,23,26)/t17-/m0/s1. The predicted octanol–water partition coefficient (Wildman–Crippen LogP) is 3.61. The molecule has 1 saturated heterocycles. The average Bonchev–Trinajstić information content (AvgIpc) is 3.31. The van der Waals surface area contributed by atoms with Crippen LogP contribution in [0.3, 0.4) is 0 Å². The number of anilines is 2. The van der Waals surface area contributed by atoms with Gasteiger partial charge < -0.3 is 14.8 Å². The van der Waals surface area contributed by atoms with E-state index in [1.54, 1.807) is 11.0 Å². The number of carbonyl (C=O) groups is 2. The van der Waals surface area contributed by atoms with E-state index in [1.165, 1.54) is 18.2 Å². The van der Waals surface area contributed by atoms with Gasteiger partial charge in [0.15, 0.2) is 0 Å². The quantitative estimate of drug-likeness (QED) is 0.720. The van der Waals surface area contributed by atoms with Crippen molar-refractivity contribution in [3.8, 4) is 5.69 Å². The van der Waals surface area contributed by atoms with Crippen LogP contribution < -0.4 is 10.2 Å². The topological polar surface area (TPSA) is 54.3 Å². The second-order valence-corrected chi connectivity index (χ2v) is 6.41. The molecule has 1 N–H and O–H groups in total. The van der Waals surface area contributed by atoms with E-state index < -0.39 is 17.6 Å². The maximum Gasteiger partial charge on any atom is 0.239 e. The van der Waals surface area contributed by atoms with Gasteiger partial charge in [0.25, 0.3) is 0 Å². The van der Waals surface area contributed by atoms with Crippen molar-refractivity contribution in [2.75, 3.05) is 16.8 Å². The van der Waals surface area contributed by atoms with Gasteiger partial charge >= 0.3 is 0 Å². The molecule has 1 atom stereocenters. The number of aromatic nitrogens is 1. The summed E-state index contributed by atoms with van der Waals surface area (Å²) in [6.07, 6.45) is 4.24. The molecule has 1 aliphatic heterocycles. The number of nitrogens with zero attached hydrogens (tertiary/aromatic N) is 2. The third-order valence-corrected chi connectivity index (χ3v) is 4.67. The Kier molecular flexibility index (Phi) is 4.46. The zero-order valence-corrected chi connectivity index (χ0v) is 14.5. The third-order valence-electron chi connectivity index (χ3n) is 4.67. The molecule has 0 saturated carbocycles. The molecule has 6 heteroatoms. The summed E-state index contributed by atoms with van der Waals surface area (Å²) in [5, 5.41) is 2.64. The maximum atomic E-state index is 13.3. The van der Waals surface area contributed by atoms with E-state index >= 15 is 0 Å². The Labute approximate surface area is 156 Å². The minimum absolute atomic E-state index is 0.247. The first-order valence-corrected chi connectivity index (χ1v) is 8.73. The molecule has 4 rings (SSSR count). The fourth-order valence-corrected chi connectivity index (χ4v) is 3.36. The molecule has 2 heterocycles. The number of rotatable bonds is 4. The van der Waals surface area contributed by atoms with Crippen LogP contribution in [0.4, 0.5) is 15.8 Å². The number of nitrogens with one attached hydrogen (secondary N) is 1. The fraction of sp³-hybridized carbons (Fsp3) is 0.143. The first-order chi connectivity index (χ1) is 13.1. The summed E-state index contributed by atoms with van der Waals surface area (Å²) in [6, 6.07) is 17.1. The summed E-state index contributed by atoms with van der Waals surface area (Å²) >= 11 is 0. The monoisotopic (exact) mass is 363 g/mol. The zero-order valence-electron chi connectivity index (χ0n) is 14.5. The van der Waals surface area contributed by atoms with Crippen molar-refractivity contribution < 1.29 is 14.0 Å². The van der Waals surface area contributed by atoms with Crippen molar-refractivity contribution in [1.82, 2.24) is 4.57 Å². The number of hydrogen-bond donors (Lipinski definition) is 1. The van der Waals surface area contributed by atoms with E-state index in [1.807, 2.05) is 53.4 Å². The Bertz CT molecular complexity index is 985. The van der Waals surface area contributed by atoms with Crippen LogP contribution in [-0.4, -0.2) is 22.9 Å². The summed E-state index contributed by atoms with van der Waals surface area (Å²) in [7, 11) is 0. The number of amides is 2. The maximum absolute atomic E-state index is 13.3. The van der Waals surface area contributed by atoms with Gasteiger partial charge in [-0.1, -0.05) is 18.2 Å². The van der Waals surface area contributed by atoms with Crippen molar-refractivity contribution >= 4 is 23.2 Å². The molecule has 1 aliphatic rings. The lowest BCUT2D eigenvalue weighted by Crippen LogP contribution is -2.33. The van der Waals surface area contributed by atoms with E-state index in [4.69, 9.17) is 0 Å². The van der Waals surface area contributed by atoms with E-state index in [2.05, 4.69) is 5.32 Å². The summed E-state index contributed by atoms with van der Waals surface area (Å²) < 4.78 is 15.2. The summed E-state index contributed by atoms with van der Waals surface area (Å²) in [5.41, 5.74) is 1.99. The molecule has 0 spiro atoms. The van der Waals surface area contributed by atoms with E-state index in [0.717, 1.165) is 11.4 Å². The summed E-state index contributed by atoms with van der Waals surface area (Å²) in [5.74, 6) is -1.88. The van der Waals surface area contributed by atoms with E-state index in [9.17, 15) is 14.0 Å². The fourth-order valence-electron chi connectivity index (χ4n) is 3.36. The van der Waals surface area contributed by atoms with Crippen LogP contribution in [0.1, 0.15) is 6.42 Å². The summed E-state index contributed by atoms with van der Waals surface area (Å²) in [4.78, 5) is 27.1. The van der Waals surface area contributed by atoms with Crippen molar-refractivity contribution in [3.05, 3.63) is 78.9 Å². The SMILES string of the molecule is O=C(Nc1cccc(F)c1)[C@@H]1CCN(c2ccccc2-n2cccc2)C1=O.